The zero-order valence-electron chi connectivity index (χ0n) is 15.6. The Kier molecular flexibility index (Phi) is 5.24. The number of halogens is 1. The highest BCUT2D eigenvalue weighted by atomic mass is 35.5. The van der Waals surface area contributed by atoms with E-state index in [1.54, 1.807) is 36.5 Å². The number of nitrogens with one attached hydrogen (secondary N) is 2. The van der Waals surface area contributed by atoms with Crippen LogP contribution in [-0.2, 0) is 0 Å². The van der Waals surface area contributed by atoms with Gasteiger partial charge in [0.15, 0.2) is 5.65 Å². The lowest BCUT2D eigenvalue weighted by molar-refractivity contribution is 0.0916. The highest BCUT2D eigenvalue weighted by Crippen LogP contribution is 2.26. The maximum absolute atomic E-state index is 12.8. The lowest BCUT2D eigenvalue weighted by Crippen LogP contribution is -2.30. The topological polar surface area (TPSA) is 104 Å². The second-order valence-corrected chi connectivity index (χ2v) is 7.08. The minimum Gasteiger partial charge on any atom is -0.394 e. The minimum atomic E-state index is -0.580. The van der Waals surface area contributed by atoms with Gasteiger partial charge in [0.1, 0.15) is 0 Å². The zero-order valence-corrected chi connectivity index (χ0v) is 16.3. The summed E-state index contributed by atoms with van der Waals surface area (Å²) in [4.78, 5) is 21.3. The van der Waals surface area contributed by atoms with Crippen LogP contribution in [0.25, 0.3) is 22.3 Å². The summed E-state index contributed by atoms with van der Waals surface area (Å²) in [6.07, 6.45) is 3.19. The Hall–Kier alpha value is -3.29. The Labute approximate surface area is 171 Å². The molecule has 0 bridgehead atoms. The number of carbonyl (C=O) groups excluding carboxylic acids is 1. The second kappa shape index (κ2) is 7.98. The molecule has 4 rings (SSSR count). The van der Waals surface area contributed by atoms with E-state index in [4.69, 9.17) is 11.6 Å². The predicted molar refractivity (Wildman–Crippen MR) is 111 cm³/mol. The van der Waals surface area contributed by atoms with Gasteiger partial charge in [0, 0.05) is 34.1 Å². The number of hydrogen-bond acceptors (Lipinski definition) is 5. The first-order chi connectivity index (χ1) is 14.0. The number of aliphatic hydroxyl groups is 1. The molecule has 0 aliphatic heterocycles. The molecule has 8 heteroatoms. The van der Waals surface area contributed by atoms with Crippen LogP contribution in [0.3, 0.4) is 0 Å². The van der Waals surface area contributed by atoms with Crippen LogP contribution in [0.2, 0.25) is 5.02 Å². The van der Waals surface area contributed by atoms with E-state index in [-0.39, 0.29) is 12.5 Å². The fourth-order valence-electron chi connectivity index (χ4n) is 3.14. The SMILES string of the molecule is Cc1cc(-c2[nH]nc3ncc(C(=O)NC(CO)c4cccc(Cl)c4)cc23)ccn1. The molecule has 0 spiro atoms. The van der Waals surface area contributed by atoms with E-state index in [0.717, 1.165) is 27.9 Å². The highest BCUT2D eigenvalue weighted by molar-refractivity contribution is 6.30. The third-order valence-corrected chi connectivity index (χ3v) is 4.83. The van der Waals surface area contributed by atoms with Crippen molar-refractivity contribution in [2.24, 2.45) is 0 Å². The maximum Gasteiger partial charge on any atom is 0.253 e. The van der Waals surface area contributed by atoms with Crippen molar-refractivity contribution < 1.29 is 9.90 Å². The largest absolute Gasteiger partial charge is 0.394 e. The standard InChI is InChI=1S/C21H18ClN5O2/c1-12-7-14(5-6-23-12)19-17-9-15(10-24-20(17)27-26-19)21(29)25-18(11-28)13-3-2-4-16(22)8-13/h2-10,18,28H,11H2,1H3,(H,25,29)(H,24,26,27). The number of fused-ring (bicyclic) bond motifs is 1. The van der Waals surface area contributed by atoms with Crippen LogP contribution in [0.5, 0.6) is 0 Å². The van der Waals surface area contributed by atoms with Crippen LogP contribution in [0.15, 0.2) is 54.9 Å². The van der Waals surface area contributed by atoms with Gasteiger partial charge in [-0.2, -0.15) is 5.10 Å². The first kappa shape index (κ1) is 19.0. The lowest BCUT2D eigenvalue weighted by Gasteiger charge is -2.17. The zero-order chi connectivity index (χ0) is 20.4. The van der Waals surface area contributed by atoms with Crippen molar-refractivity contribution in [3.8, 4) is 11.3 Å². The number of pyridine rings is 2. The molecule has 4 aromatic rings. The van der Waals surface area contributed by atoms with Gasteiger partial charge < -0.3 is 10.4 Å². The molecule has 3 N–H and O–H groups in total. The average molecular weight is 408 g/mol. The molecule has 3 aromatic heterocycles. The summed E-state index contributed by atoms with van der Waals surface area (Å²) in [5.74, 6) is -0.350. The third-order valence-electron chi connectivity index (χ3n) is 4.60. The van der Waals surface area contributed by atoms with E-state index < -0.39 is 6.04 Å². The molecule has 146 valence electrons. The van der Waals surface area contributed by atoms with Crippen molar-refractivity contribution in [1.29, 1.82) is 0 Å². The van der Waals surface area contributed by atoms with Gasteiger partial charge in [0.25, 0.3) is 5.91 Å². The predicted octanol–water partition coefficient (Wildman–Crippen LogP) is 3.45. The van der Waals surface area contributed by atoms with E-state index in [0.29, 0.717) is 16.2 Å². The average Bonchev–Trinajstić information content (AvgIpc) is 3.15. The summed E-state index contributed by atoms with van der Waals surface area (Å²) >= 11 is 6.02. The number of benzene rings is 1. The Balaban J connectivity index is 1.65. The fourth-order valence-corrected chi connectivity index (χ4v) is 3.34. The normalized spacial score (nSPS) is 12.1. The molecule has 1 unspecified atom stereocenters. The van der Waals surface area contributed by atoms with Crippen molar-refractivity contribution >= 4 is 28.5 Å². The molecule has 0 saturated heterocycles. The molecule has 7 nitrogen and oxygen atoms in total. The maximum atomic E-state index is 12.8. The third kappa shape index (κ3) is 3.96. The van der Waals surface area contributed by atoms with E-state index in [9.17, 15) is 9.90 Å². The molecule has 0 saturated carbocycles. The van der Waals surface area contributed by atoms with Crippen molar-refractivity contribution in [3.63, 3.8) is 0 Å². The summed E-state index contributed by atoms with van der Waals surface area (Å²) < 4.78 is 0. The van der Waals surface area contributed by atoms with Crippen molar-refractivity contribution in [2.75, 3.05) is 6.61 Å². The van der Waals surface area contributed by atoms with Gasteiger partial charge in [-0.3, -0.25) is 14.9 Å². The van der Waals surface area contributed by atoms with Crippen LogP contribution in [-0.4, -0.2) is 37.8 Å². The number of aromatic amines is 1. The van der Waals surface area contributed by atoms with Gasteiger partial charge in [0.2, 0.25) is 0 Å². The number of nitrogens with zero attached hydrogens (tertiary/aromatic N) is 3. The Morgan fingerprint density at radius 3 is 2.86 bits per heavy atom. The first-order valence-corrected chi connectivity index (χ1v) is 9.37. The summed E-state index contributed by atoms with van der Waals surface area (Å²) in [7, 11) is 0. The quantitative estimate of drug-likeness (QED) is 0.470. The lowest BCUT2D eigenvalue weighted by atomic mass is 10.1. The van der Waals surface area contributed by atoms with E-state index in [2.05, 4.69) is 25.5 Å². The summed E-state index contributed by atoms with van der Waals surface area (Å²) in [5.41, 5.74) is 4.15. The number of aryl methyl sites for hydroxylation is 1. The van der Waals surface area contributed by atoms with Crippen molar-refractivity contribution in [3.05, 3.63) is 76.7 Å². The molecular formula is C21H18ClN5O2. The number of H-pyrrole nitrogens is 1. The number of hydrogen-bond donors (Lipinski definition) is 3. The molecule has 0 aliphatic carbocycles. The van der Waals surface area contributed by atoms with Crippen molar-refractivity contribution in [2.45, 2.75) is 13.0 Å². The first-order valence-electron chi connectivity index (χ1n) is 8.99. The fraction of sp³-hybridized carbons (Fsp3) is 0.143. The highest BCUT2D eigenvalue weighted by Gasteiger charge is 2.18. The summed E-state index contributed by atoms with van der Waals surface area (Å²) in [5, 5.41) is 21.0. The smallest absolute Gasteiger partial charge is 0.253 e. The second-order valence-electron chi connectivity index (χ2n) is 6.64. The van der Waals surface area contributed by atoms with Gasteiger partial charge in [-0.1, -0.05) is 23.7 Å². The van der Waals surface area contributed by atoms with Crippen LogP contribution in [0.4, 0.5) is 0 Å². The van der Waals surface area contributed by atoms with Gasteiger partial charge in [-0.15, -0.1) is 0 Å². The van der Waals surface area contributed by atoms with E-state index in [1.165, 1.54) is 6.20 Å². The Morgan fingerprint density at radius 2 is 2.10 bits per heavy atom. The molecule has 1 aromatic carbocycles. The Morgan fingerprint density at radius 1 is 1.24 bits per heavy atom. The van der Waals surface area contributed by atoms with Crippen LogP contribution in [0.1, 0.15) is 27.7 Å². The molecule has 1 atom stereocenters. The summed E-state index contributed by atoms with van der Waals surface area (Å²) in [6, 6.07) is 12.0. The summed E-state index contributed by atoms with van der Waals surface area (Å²) in [6.45, 7) is 1.65. The van der Waals surface area contributed by atoms with Crippen LogP contribution >= 0.6 is 11.6 Å². The molecule has 0 aliphatic rings. The van der Waals surface area contributed by atoms with Crippen LogP contribution in [0, 0.1) is 6.92 Å². The van der Waals surface area contributed by atoms with Crippen molar-refractivity contribution in [1.82, 2.24) is 25.5 Å². The van der Waals surface area contributed by atoms with Gasteiger partial charge in [-0.05, 0) is 42.8 Å². The van der Waals surface area contributed by atoms with E-state index in [1.807, 2.05) is 19.1 Å². The molecule has 0 radical (unpaired) electrons. The number of amides is 1. The molecule has 29 heavy (non-hydrogen) atoms. The van der Waals surface area contributed by atoms with Gasteiger partial charge >= 0.3 is 0 Å². The van der Waals surface area contributed by atoms with Gasteiger partial charge in [-0.25, -0.2) is 4.98 Å². The van der Waals surface area contributed by atoms with Crippen LogP contribution < -0.4 is 5.32 Å². The monoisotopic (exact) mass is 407 g/mol. The van der Waals surface area contributed by atoms with E-state index >= 15 is 0 Å². The minimum absolute atomic E-state index is 0.255. The molecular weight excluding hydrogens is 390 g/mol. The number of rotatable bonds is 5. The van der Waals surface area contributed by atoms with Gasteiger partial charge in [0.05, 0.1) is 23.9 Å². The number of aliphatic hydroxyl groups excluding tert-OH is 1. The Bertz CT molecular complexity index is 1190. The molecule has 0 fully saturated rings. The number of aromatic nitrogens is 4. The number of carbonyl (C=O) groups is 1. The molecule has 1 amide bonds. The molecule has 3 heterocycles.